The Labute approximate surface area is 124 Å². The first kappa shape index (κ1) is 13.9. The first-order valence-electron chi connectivity index (χ1n) is 7.32. The van der Waals surface area contributed by atoms with Crippen molar-refractivity contribution in [1.82, 2.24) is 15.2 Å². The Bertz CT molecular complexity index is 745. The van der Waals surface area contributed by atoms with E-state index in [2.05, 4.69) is 66.4 Å². The summed E-state index contributed by atoms with van der Waals surface area (Å²) in [6, 6.07) is 10.4. The summed E-state index contributed by atoms with van der Waals surface area (Å²) in [6.45, 7) is 7.04. The highest BCUT2D eigenvalue weighted by molar-refractivity contribution is 5.84. The minimum Gasteiger partial charge on any atom is -0.361 e. The molecule has 4 nitrogen and oxygen atoms in total. The van der Waals surface area contributed by atoms with Gasteiger partial charge in [-0.3, -0.25) is 5.10 Å². The highest BCUT2D eigenvalue weighted by Gasteiger charge is 2.22. The third kappa shape index (κ3) is 2.47. The standard InChI is InChI=1S/C17H22N4/c1-17(2,3)16-8-15(20-21-16)12(9-18)13-10-19-14-7-5-4-6-11(13)14/h4-8,10,12,19H,9,18H2,1-3H3,(H,20,21). The molecule has 2 aromatic heterocycles. The molecule has 0 spiro atoms. The zero-order valence-electron chi connectivity index (χ0n) is 12.8. The van der Waals surface area contributed by atoms with E-state index in [-0.39, 0.29) is 11.3 Å². The van der Waals surface area contributed by atoms with E-state index in [4.69, 9.17) is 5.73 Å². The molecule has 0 amide bonds. The Hall–Kier alpha value is -2.07. The number of benzene rings is 1. The Morgan fingerprint density at radius 2 is 2.00 bits per heavy atom. The third-order valence-electron chi connectivity index (χ3n) is 3.97. The molecule has 0 aliphatic heterocycles. The van der Waals surface area contributed by atoms with E-state index in [9.17, 15) is 0 Å². The van der Waals surface area contributed by atoms with Gasteiger partial charge in [0.05, 0.1) is 5.69 Å². The van der Waals surface area contributed by atoms with Gasteiger partial charge in [0.1, 0.15) is 0 Å². The second-order valence-electron chi connectivity index (χ2n) is 6.54. The molecular formula is C17H22N4. The Balaban J connectivity index is 2.04. The van der Waals surface area contributed by atoms with Gasteiger partial charge in [0.15, 0.2) is 0 Å². The summed E-state index contributed by atoms with van der Waals surface area (Å²) in [5.41, 5.74) is 10.6. The molecule has 3 aromatic rings. The van der Waals surface area contributed by atoms with Crippen LogP contribution >= 0.6 is 0 Å². The number of H-pyrrole nitrogens is 2. The SMILES string of the molecule is CC(C)(C)c1cc(C(CN)c2c[nH]c3ccccc23)[nH]n1. The Kier molecular flexibility index (Phi) is 3.33. The highest BCUT2D eigenvalue weighted by atomic mass is 15.1. The van der Waals surface area contributed by atoms with E-state index in [0.717, 1.165) is 16.9 Å². The van der Waals surface area contributed by atoms with Crippen molar-refractivity contribution in [1.29, 1.82) is 0 Å². The lowest BCUT2D eigenvalue weighted by atomic mass is 9.90. The lowest BCUT2D eigenvalue weighted by molar-refractivity contribution is 0.567. The molecule has 0 bridgehead atoms. The minimum absolute atomic E-state index is 0.0358. The molecule has 0 aliphatic carbocycles. The van der Waals surface area contributed by atoms with Gasteiger partial charge in [0.25, 0.3) is 0 Å². The normalized spacial score (nSPS) is 13.7. The summed E-state index contributed by atoms with van der Waals surface area (Å²) in [7, 11) is 0. The van der Waals surface area contributed by atoms with Crippen molar-refractivity contribution in [2.45, 2.75) is 32.1 Å². The maximum absolute atomic E-state index is 6.04. The van der Waals surface area contributed by atoms with Crippen molar-refractivity contribution in [2.24, 2.45) is 5.73 Å². The van der Waals surface area contributed by atoms with E-state index in [1.807, 2.05) is 6.07 Å². The number of nitrogens with zero attached hydrogens (tertiary/aromatic N) is 1. The highest BCUT2D eigenvalue weighted by Crippen LogP contribution is 2.31. The van der Waals surface area contributed by atoms with Crippen LogP contribution in [-0.2, 0) is 5.41 Å². The maximum Gasteiger partial charge on any atom is 0.0678 e. The molecule has 4 heteroatoms. The maximum atomic E-state index is 6.04. The number of aromatic amines is 2. The molecule has 1 aromatic carbocycles. The second-order valence-corrected chi connectivity index (χ2v) is 6.54. The summed E-state index contributed by atoms with van der Waals surface area (Å²) >= 11 is 0. The monoisotopic (exact) mass is 282 g/mol. The molecule has 110 valence electrons. The quantitative estimate of drug-likeness (QED) is 0.690. The van der Waals surface area contributed by atoms with Gasteiger partial charge in [-0.25, -0.2) is 0 Å². The number of hydrogen-bond donors (Lipinski definition) is 3. The lowest BCUT2D eigenvalue weighted by Crippen LogP contribution is -2.14. The molecule has 1 atom stereocenters. The summed E-state index contributed by atoms with van der Waals surface area (Å²) < 4.78 is 0. The summed E-state index contributed by atoms with van der Waals surface area (Å²) in [4.78, 5) is 3.32. The number of nitrogens with two attached hydrogens (primary N) is 1. The zero-order chi connectivity index (χ0) is 15.0. The topological polar surface area (TPSA) is 70.5 Å². The Morgan fingerprint density at radius 1 is 1.24 bits per heavy atom. The minimum atomic E-state index is 0.0358. The molecule has 2 heterocycles. The number of fused-ring (bicyclic) bond motifs is 1. The van der Waals surface area contributed by atoms with Crippen molar-refractivity contribution < 1.29 is 0 Å². The van der Waals surface area contributed by atoms with Crippen LogP contribution in [0.2, 0.25) is 0 Å². The van der Waals surface area contributed by atoms with Crippen LogP contribution in [0.4, 0.5) is 0 Å². The number of aromatic nitrogens is 3. The van der Waals surface area contributed by atoms with E-state index in [1.165, 1.54) is 10.9 Å². The molecular weight excluding hydrogens is 260 g/mol. The first-order valence-corrected chi connectivity index (χ1v) is 7.32. The largest absolute Gasteiger partial charge is 0.361 e. The fraction of sp³-hybridized carbons (Fsp3) is 0.353. The van der Waals surface area contributed by atoms with E-state index < -0.39 is 0 Å². The van der Waals surface area contributed by atoms with Crippen LogP contribution in [0.5, 0.6) is 0 Å². The fourth-order valence-corrected chi connectivity index (χ4v) is 2.70. The van der Waals surface area contributed by atoms with Crippen LogP contribution in [0, 0.1) is 0 Å². The number of rotatable bonds is 3. The van der Waals surface area contributed by atoms with Crippen molar-refractivity contribution in [3.05, 3.63) is 53.5 Å². The predicted octanol–water partition coefficient (Wildman–Crippen LogP) is 3.28. The molecule has 0 saturated heterocycles. The van der Waals surface area contributed by atoms with Crippen LogP contribution in [0.3, 0.4) is 0 Å². The van der Waals surface area contributed by atoms with Gasteiger partial charge < -0.3 is 10.7 Å². The predicted molar refractivity (Wildman–Crippen MR) is 86.5 cm³/mol. The van der Waals surface area contributed by atoms with Crippen molar-refractivity contribution in [2.75, 3.05) is 6.54 Å². The van der Waals surface area contributed by atoms with Crippen LogP contribution in [0.1, 0.15) is 43.6 Å². The zero-order valence-corrected chi connectivity index (χ0v) is 12.8. The van der Waals surface area contributed by atoms with E-state index in [1.54, 1.807) is 0 Å². The molecule has 0 saturated carbocycles. The lowest BCUT2D eigenvalue weighted by Gasteiger charge is -2.14. The molecule has 4 N–H and O–H groups in total. The molecule has 0 radical (unpaired) electrons. The van der Waals surface area contributed by atoms with E-state index in [0.29, 0.717) is 6.54 Å². The molecule has 1 unspecified atom stereocenters. The van der Waals surface area contributed by atoms with Gasteiger partial charge in [0, 0.05) is 40.7 Å². The van der Waals surface area contributed by atoms with Gasteiger partial charge in [-0.1, -0.05) is 39.0 Å². The summed E-state index contributed by atoms with van der Waals surface area (Å²) in [6.07, 6.45) is 2.06. The summed E-state index contributed by atoms with van der Waals surface area (Å²) in [5.74, 6) is 0.129. The van der Waals surface area contributed by atoms with Crippen molar-refractivity contribution >= 4 is 10.9 Å². The van der Waals surface area contributed by atoms with Gasteiger partial charge in [0.2, 0.25) is 0 Å². The molecule has 0 fully saturated rings. The number of nitrogens with one attached hydrogen (secondary N) is 2. The van der Waals surface area contributed by atoms with Crippen LogP contribution in [0.25, 0.3) is 10.9 Å². The molecule has 0 aliphatic rings. The Morgan fingerprint density at radius 3 is 2.67 bits per heavy atom. The van der Waals surface area contributed by atoms with Crippen LogP contribution < -0.4 is 5.73 Å². The average Bonchev–Trinajstić information content (AvgIpc) is 3.07. The van der Waals surface area contributed by atoms with Crippen molar-refractivity contribution in [3.63, 3.8) is 0 Å². The van der Waals surface area contributed by atoms with Crippen molar-refractivity contribution in [3.8, 4) is 0 Å². The second kappa shape index (κ2) is 5.04. The molecule has 21 heavy (non-hydrogen) atoms. The van der Waals surface area contributed by atoms with Crippen LogP contribution in [-0.4, -0.2) is 21.7 Å². The number of hydrogen-bond acceptors (Lipinski definition) is 2. The third-order valence-corrected chi connectivity index (χ3v) is 3.97. The molecule has 3 rings (SSSR count). The van der Waals surface area contributed by atoms with Gasteiger partial charge in [-0.05, 0) is 17.7 Å². The average molecular weight is 282 g/mol. The van der Waals surface area contributed by atoms with Gasteiger partial charge in [-0.15, -0.1) is 0 Å². The van der Waals surface area contributed by atoms with Gasteiger partial charge >= 0.3 is 0 Å². The fourth-order valence-electron chi connectivity index (χ4n) is 2.70. The number of para-hydroxylation sites is 1. The van der Waals surface area contributed by atoms with E-state index >= 15 is 0 Å². The smallest absolute Gasteiger partial charge is 0.0678 e. The first-order chi connectivity index (χ1) is 10.0. The summed E-state index contributed by atoms with van der Waals surface area (Å²) in [5, 5.41) is 8.85. The van der Waals surface area contributed by atoms with Crippen LogP contribution in [0.15, 0.2) is 36.5 Å². The van der Waals surface area contributed by atoms with Gasteiger partial charge in [-0.2, -0.15) is 5.10 Å².